The molecule has 0 spiro atoms. The number of fused-ring (bicyclic) bond motifs is 1. The van der Waals surface area contributed by atoms with Gasteiger partial charge in [0.15, 0.2) is 18.1 Å². The second-order valence-corrected chi connectivity index (χ2v) is 4.71. The molecule has 2 aliphatic heterocycles. The minimum atomic E-state index is -0.720. The Labute approximate surface area is 131 Å². The summed E-state index contributed by atoms with van der Waals surface area (Å²) in [6.45, 7) is -0.0181. The molecule has 1 saturated heterocycles. The SMILES string of the molecule is O=C(/C=C/c1ccc2c(c1)OCO2)OCC(=O)N1CCOC1=O. The van der Waals surface area contributed by atoms with Crippen molar-refractivity contribution in [2.24, 2.45) is 0 Å². The fourth-order valence-corrected chi connectivity index (χ4v) is 2.06. The normalized spacial score (nSPS) is 15.8. The third kappa shape index (κ3) is 3.42. The van der Waals surface area contributed by atoms with Crippen LogP contribution in [0.25, 0.3) is 6.08 Å². The smallest absolute Gasteiger partial charge is 0.416 e. The van der Waals surface area contributed by atoms with Crippen molar-refractivity contribution in [3.05, 3.63) is 29.8 Å². The molecule has 2 amide bonds. The third-order valence-corrected chi connectivity index (χ3v) is 3.21. The van der Waals surface area contributed by atoms with Crippen LogP contribution >= 0.6 is 0 Å². The number of carbonyl (C=O) groups is 3. The van der Waals surface area contributed by atoms with Crippen LogP contribution in [0.3, 0.4) is 0 Å². The Morgan fingerprint density at radius 2 is 2.04 bits per heavy atom. The maximum atomic E-state index is 11.7. The summed E-state index contributed by atoms with van der Waals surface area (Å²) < 4.78 is 19.8. The average Bonchev–Trinajstić information content (AvgIpc) is 3.18. The Balaban J connectivity index is 1.51. The standard InChI is InChI=1S/C15H13NO7/c17-13(16-5-6-20-15(16)19)8-21-14(18)4-2-10-1-3-11-12(7-10)23-9-22-11/h1-4,7H,5-6,8-9H2/b4-2+. The Kier molecular flexibility index (Phi) is 4.13. The number of amides is 2. The zero-order valence-electron chi connectivity index (χ0n) is 12.0. The summed E-state index contributed by atoms with van der Waals surface area (Å²) in [7, 11) is 0. The van der Waals surface area contributed by atoms with Crippen LogP contribution in [-0.4, -0.2) is 49.4 Å². The van der Waals surface area contributed by atoms with Crippen LogP contribution in [0.5, 0.6) is 11.5 Å². The second-order valence-electron chi connectivity index (χ2n) is 4.71. The highest BCUT2D eigenvalue weighted by atomic mass is 16.7. The summed E-state index contributed by atoms with van der Waals surface area (Å²) in [4.78, 5) is 35.3. The van der Waals surface area contributed by atoms with Crippen molar-refractivity contribution >= 4 is 24.0 Å². The second kappa shape index (κ2) is 6.39. The fraction of sp³-hybridized carbons (Fsp3) is 0.267. The number of cyclic esters (lactones) is 1. The highest BCUT2D eigenvalue weighted by molar-refractivity contribution is 5.95. The molecule has 2 aliphatic rings. The van der Waals surface area contributed by atoms with Crippen LogP contribution in [0.1, 0.15) is 5.56 Å². The molecule has 0 bridgehead atoms. The van der Waals surface area contributed by atoms with E-state index in [0.717, 1.165) is 10.5 Å². The van der Waals surface area contributed by atoms with E-state index in [-0.39, 0.29) is 19.9 Å². The lowest BCUT2D eigenvalue weighted by Gasteiger charge is -2.09. The van der Waals surface area contributed by atoms with Gasteiger partial charge < -0.3 is 18.9 Å². The van der Waals surface area contributed by atoms with Crippen LogP contribution < -0.4 is 9.47 Å². The molecule has 3 rings (SSSR count). The molecule has 8 heteroatoms. The first-order valence-corrected chi connectivity index (χ1v) is 6.85. The summed E-state index contributed by atoms with van der Waals surface area (Å²) >= 11 is 0. The molecule has 0 unspecified atom stereocenters. The zero-order chi connectivity index (χ0) is 16.2. The van der Waals surface area contributed by atoms with Gasteiger partial charge in [-0.1, -0.05) is 6.07 Å². The molecule has 1 aromatic carbocycles. The minimum absolute atomic E-state index is 0.155. The van der Waals surface area contributed by atoms with Gasteiger partial charge in [-0.3, -0.25) is 4.79 Å². The van der Waals surface area contributed by atoms with Gasteiger partial charge in [0, 0.05) is 6.08 Å². The van der Waals surface area contributed by atoms with Crippen molar-refractivity contribution in [2.45, 2.75) is 0 Å². The van der Waals surface area contributed by atoms with Gasteiger partial charge in [0.1, 0.15) is 6.61 Å². The Bertz CT molecular complexity index is 682. The predicted octanol–water partition coefficient (Wildman–Crippen LogP) is 0.950. The van der Waals surface area contributed by atoms with Crippen molar-refractivity contribution < 1.29 is 33.3 Å². The number of esters is 1. The molecule has 0 aromatic heterocycles. The number of ether oxygens (including phenoxy) is 4. The maximum absolute atomic E-state index is 11.7. The molecule has 120 valence electrons. The van der Waals surface area contributed by atoms with E-state index in [0.29, 0.717) is 11.5 Å². The number of carbonyl (C=O) groups excluding carboxylic acids is 3. The molecule has 1 fully saturated rings. The van der Waals surface area contributed by atoms with Crippen LogP contribution in [0.4, 0.5) is 4.79 Å². The number of rotatable bonds is 4. The number of imide groups is 1. The van der Waals surface area contributed by atoms with Crippen LogP contribution in [-0.2, 0) is 19.1 Å². The van der Waals surface area contributed by atoms with Crippen LogP contribution in [0.15, 0.2) is 24.3 Å². The molecule has 0 radical (unpaired) electrons. The van der Waals surface area contributed by atoms with Crippen molar-refractivity contribution in [1.82, 2.24) is 4.90 Å². The van der Waals surface area contributed by atoms with E-state index in [9.17, 15) is 14.4 Å². The molecule has 23 heavy (non-hydrogen) atoms. The molecule has 8 nitrogen and oxygen atoms in total. The molecular weight excluding hydrogens is 306 g/mol. The third-order valence-electron chi connectivity index (χ3n) is 3.21. The highest BCUT2D eigenvalue weighted by Gasteiger charge is 2.28. The Morgan fingerprint density at radius 1 is 1.22 bits per heavy atom. The summed E-state index contributed by atoms with van der Waals surface area (Å²) in [6, 6.07) is 5.20. The maximum Gasteiger partial charge on any atom is 0.416 e. The van der Waals surface area contributed by atoms with Crippen LogP contribution in [0.2, 0.25) is 0 Å². The van der Waals surface area contributed by atoms with Gasteiger partial charge in [-0.05, 0) is 23.8 Å². The molecule has 1 aromatic rings. The zero-order valence-corrected chi connectivity index (χ0v) is 12.0. The number of nitrogens with zero attached hydrogens (tertiary/aromatic N) is 1. The molecule has 0 saturated carbocycles. The lowest BCUT2D eigenvalue weighted by molar-refractivity contribution is -0.146. The minimum Gasteiger partial charge on any atom is -0.454 e. The number of hydrogen-bond acceptors (Lipinski definition) is 7. The van der Waals surface area contributed by atoms with Gasteiger partial charge in [-0.25, -0.2) is 14.5 Å². The Morgan fingerprint density at radius 3 is 2.83 bits per heavy atom. The summed E-state index contributed by atoms with van der Waals surface area (Å²) in [5.41, 5.74) is 0.723. The van der Waals surface area contributed by atoms with E-state index in [1.807, 2.05) is 0 Å². The van der Waals surface area contributed by atoms with E-state index in [4.69, 9.17) is 14.2 Å². The molecular formula is C15H13NO7. The highest BCUT2D eigenvalue weighted by Crippen LogP contribution is 2.32. The molecule has 0 N–H and O–H groups in total. The van der Waals surface area contributed by atoms with Crippen molar-refractivity contribution in [1.29, 1.82) is 0 Å². The molecule has 0 aliphatic carbocycles. The monoisotopic (exact) mass is 319 g/mol. The summed E-state index contributed by atoms with van der Waals surface area (Å²) in [5, 5.41) is 0. The van der Waals surface area contributed by atoms with Gasteiger partial charge in [-0.15, -0.1) is 0 Å². The molecule has 2 heterocycles. The summed E-state index contributed by atoms with van der Waals surface area (Å²) in [5.74, 6) is -0.0584. The largest absolute Gasteiger partial charge is 0.454 e. The number of benzene rings is 1. The van der Waals surface area contributed by atoms with Gasteiger partial charge in [-0.2, -0.15) is 0 Å². The van der Waals surface area contributed by atoms with Gasteiger partial charge in [0.25, 0.3) is 5.91 Å². The topological polar surface area (TPSA) is 91.4 Å². The average molecular weight is 319 g/mol. The van der Waals surface area contributed by atoms with Gasteiger partial charge >= 0.3 is 12.1 Å². The van der Waals surface area contributed by atoms with Crippen molar-refractivity contribution in [3.8, 4) is 11.5 Å². The van der Waals surface area contributed by atoms with Crippen molar-refractivity contribution in [2.75, 3.05) is 26.6 Å². The van der Waals surface area contributed by atoms with E-state index in [1.54, 1.807) is 18.2 Å². The van der Waals surface area contributed by atoms with E-state index in [2.05, 4.69) is 4.74 Å². The lowest BCUT2D eigenvalue weighted by atomic mass is 10.2. The van der Waals surface area contributed by atoms with E-state index < -0.39 is 24.6 Å². The summed E-state index contributed by atoms with van der Waals surface area (Å²) in [6.07, 6.45) is 1.99. The predicted molar refractivity (Wildman–Crippen MR) is 75.6 cm³/mol. The van der Waals surface area contributed by atoms with E-state index in [1.165, 1.54) is 12.2 Å². The van der Waals surface area contributed by atoms with E-state index >= 15 is 0 Å². The van der Waals surface area contributed by atoms with Crippen molar-refractivity contribution in [3.63, 3.8) is 0 Å². The quantitative estimate of drug-likeness (QED) is 0.602. The Hall–Kier alpha value is -3.03. The fourth-order valence-electron chi connectivity index (χ4n) is 2.06. The number of hydrogen-bond donors (Lipinski definition) is 0. The van der Waals surface area contributed by atoms with Crippen LogP contribution in [0, 0.1) is 0 Å². The van der Waals surface area contributed by atoms with Gasteiger partial charge in [0.05, 0.1) is 6.54 Å². The first-order chi connectivity index (χ1) is 11.1. The van der Waals surface area contributed by atoms with Gasteiger partial charge in [0.2, 0.25) is 6.79 Å². The molecule has 0 atom stereocenters. The first kappa shape index (κ1) is 14.9. The lowest BCUT2D eigenvalue weighted by Crippen LogP contribution is -2.35. The first-order valence-electron chi connectivity index (χ1n) is 6.85.